The van der Waals surface area contributed by atoms with Crippen molar-refractivity contribution < 1.29 is 9.59 Å². The lowest BCUT2D eigenvalue weighted by molar-refractivity contribution is -0.116. The summed E-state index contributed by atoms with van der Waals surface area (Å²) >= 11 is 0. The van der Waals surface area contributed by atoms with Crippen molar-refractivity contribution in [1.29, 1.82) is 0 Å². The summed E-state index contributed by atoms with van der Waals surface area (Å²) in [6.07, 6.45) is 4.19. The van der Waals surface area contributed by atoms with Crippen molar-refractivity contribution in [2.75, 3.05) is 32.5 Å². The van der Waals surface area contributed by atoms with Gasteiger partial charge in [0.2, 0.25) is 11.8 Å². The molecule has 0 radical (unpaired) electrons. The number of benzene rings is 1. The summed E-state index contributed by atoms with van der Waals surface area (Å²) < 4.78 is 0. The third kappa shape index (κ3) is 7.89. The van der Waals surface area contributed by atoms with E-state index in [0.717, 1.165) is 24.2 Å². The predicted octanol–water partition coefficient (Wildman–Crippen LogP) is 1.73. The number of hydrogen-bond acceptors (Lipinski definition) is 3. The minimum Gasteiger partial charge on any atom is -0.353 e. The van der Waals surface area contributed by atoms with E-state index < -0.39 is 0 Å². The predicted molar refractivity (Wildman–Crippen MR) is 86.0 cm³/mol. The number of carbonyl (C=O) groups excluding carboxylic acids is 2. The molecule has 0 saturated carbocycles. The highest BCUT2D eigenvalue weighted by molar-refractivity contribution is 5.92. The van der Waals surface area contributed by atoms with E-state index >= 15 is 0 Å². The average Bonchev–Trinajstić information content (AvgIpc) is 2.42. The Hall–Kier alpha value is -2.14. The van der Waals surface area contributed by atoms with Crippen LogP contribution in [0, 0.1) is 0 Å². The van der Waals surface area contributed by atoms with E-state index in [1.54, 1.807) is 18.2 Å². The van der Waals surface area contributed by atoms with Gasteiger partial charge in [0.15, 0.2) is 0 Å². The Kier molecular flexibility index (Phi) is 7.18. The molecule has 0 spiro atoms. The molecule has 5 nitrogen and oxygen atoms in total. The number of carbonyl (C=O) groups is 2. The maximum atomic E-state index is 11.6. The fraction of sp³-hybridized carbons (Fsp3) is 0.375. The van der Waals surface area contributed by atoms with Crippen molar-refractivity contribution in [2.45, 2.75) is 13.3 Å². The molecular weight excluding hydrogens is 266 g/mol. The van der Waals surface area contributed by atoms with Crippen LogP contribution < -0.4 is 10.6 Å². The van der Waals surface area contributed by atoms with Gasteiger partial charge in [0, 0.05) is 25.2 Å². The summed E-state index contributed by atoms with van der Waals surface area (Å²) in [5.74, 6) is -0.199. The first kappa shape index (κ1) is 16.9. The molecule has 0 heterocycles. The summed E-state index contributed by atoms with van der Waals surface area (Å²) in [7, 11) is 4.01. The second kappa shape index (κ2) is 8.92. The van der Waals surface area contributed by atoms with Gasteiger partial charge >= 0.3 is 0 Å². The molecule has 0 aromatic heterocycles. The SMILES string of the molecule is CC(=O)Nc1ccc(/C=C/C(=O)NCCCN(C)C)cc1. The second-order valence-electron chi connectivity index (χ2n) is 5.08. The zero-order valence-electron chi connectivity index (χ0n) is 12.8. The van der Waals surface area contributed by atoms with Crippen molar-refractivity contribution in [3.05, 3.63) is 35.9 Å². The van der Waals surface area contributed by atoms with Gasteiger partial charge in [-0.25, -0.2) is 0 Å². The third-order valence-electron chi connectivity index (χ3n) is 2.74. The standard InChI is InChI=1S/C16H23N3O2/c1-13(20)18-15-8-5-14(6-9-15)7-10-16(21)17-11-4-12-19(2)3/h5-10H,4,11-12H2,1-3H3,(H,17,21)(H,18,20)/b10-7+. The molecule has 5 heteroatoms. The molecule has 0 aliphatic carbocycles. The van der Waals surface area contributed by atoms with Crippen LogP contribution in [0.4, 0.5) is 5.69 Å². The topological polar surface area (TPSA) is 61.4 Å². The van der Waals surface area contributed by atoms with Gasteiger partial charge in [0.05, 0.1) is 0 Å². The largest absolute Gasteiger partial charge is 0.353 e. The Bertz CT molecular complexity index is 493. The number of amides is 2. The maximum Gasteiger partial charge on any atom is 0.243 e. The van der Waals surface area contributed by atoms with Gasteiger partial charge in [-0.2, -0.15) is 0 Å². The lowest BCUT2D eigenvalue weighted by Crippen LogP contribution is -2.25. The molecule has 0 saturated heterocycles. The Balaban J connectivity index is 2.38. The van der Waals surface area contributed by atoms with E-state index in [0.29, 0.717) is 6.54 Å². The van der Waals surface area contributed by atoms with E-state index in [2.05, 4.69) is 15.5 Å². The molecule has 0 fully saturated rings. The molecular formula is C16H23N3O2. The lowest BCUT2D eigenvalue weighted by Gasteiger charge is -2.08. The van der Waals surface area contributed by atoms with Crippen LogP contribution in [0.5, 0.6) is 0 Å². The Morgan fingerprint density at radius 1 is 1.19 bits per heavy atom. The van der Waals surface area contributed by atoms with Gasteiger partial charge in [0.1, 0.15) is 0 Å². The fourth-order valence-corrected chi connectivity index (χ4v) is 1.72. The first-order chi connectivity index (χ1) is 9.97. The Morgan fingerprint density at radius 2 is 1.86 bits per heavy atom. The Morgan fingerprint density at radius 3 is 2.43 bits per heavy atom. The van der Waals surface area contributed by atoms with Gasteiger partial charge in [-0.05, 0) is 50.8 Å². The molecule has 2 amide bonds. The van der Waals surface area contributed by atoms with E-state index in [1.807, 2.05) is 26.2 Å². The third-order valence-corrected chi connectivity index (χ3v) is 2.74. The van der Waals surface area contributed by atoms with Gasteiger partial charge in [-0.3, -0.25) is 9.59 Å². The van der Waals surface area contributed by atoms with Gasteiger partial charge in [0.25, 0.3) is 0 Å². The van der Waals surface area contributed by atoms with Gasteiger partial charge < -0.3 is 15.5 Å². The van der Waals surface area contributed by atoms with E-state index in [4.69, 9.17) is 0 Å². The van der Waals surface area contributed by atoms with Crippen LogP contribution in [0.15, 0.2) is 30.3 Å². The molecule has 0 atom stereocenters. The van der Waals surface area contributed by atoms with Crippen LogP contribution in [0.1, 0.15) is 18.9 Å². The average molecular weight is 289 g/mol. The highest BCUT2D eigenvalue weighted by Crippen LogP contribution is 2.10. The molecule has 0 unspecified atom stereocenters. The van der Waals surface area contributed by atoms with Crippen molar-refractivity contribution in [2.24, 2.45) is 0 Å². The van der Waals surface area contributed by atoms with Crippen molar-refractivity contribution in [3.8, 4) is 0 Å². The summed E-state index contributed by atoms with van der Waals surface area (Å²) in [4.78, 5) is 24.6. The summed E-state index contributed by atoms with van der Waals surface area (Å²) in [5.41, 5.74) is 1.65. The fourth-order valence-electron chi connectivity index (χ4n) is 1.72. The summed E-state index contributed by atoms with van der Waals surface area (Å²) in [6, 6.07) is 7.30. The number of nitrogens with zero attached hydrogens (tertiary/aromatic N) is 1. The monoisotopic (exact) mass is 289 g/mol. The minimum absolute atomic E-state index is 0.0975. The van der Waals surface area contributed by atoms with Crippen LogP contribution in [0.2, 0.25) is 0 Å². The number of rotatable bonds is 7. The normalized spacial score (nSPS) is 10.9. The molecule has 1 aromatic rings. The molecule has 21 heavy (non-hydrogen) atoms. The second-order valence-corrected chi connectivity index (χ2v) is 5.08. The van der Waals surface area contributed by atoms with Crippen molar-refractivity contribution >= 4 is 23.6 Å². The van der Waals surface area contributed by atoms with E-state index in [9.17, 15) is 9.59 Å². The van der Waals surface area contributed by atoms with E-state index in [1.165, 1.54) is 13.0 Å². The molecule has 0 aliphatic heterocycles. The van der Waals surface area contributed by atoms with Crippen molar-refractivity contribution in [1.82, 2.24) is 10.2 Å². The maximum absolute atomic E-state index is 11.6. The first-order valence-corrected chi connectivity index (χ1v) is 6.95. The van der Waals surface area contributed by atoms with Crippen LogP contribution in [-0.2, 0) is 9.59 Å². The zero-order valence-corrected chi connectivity index (χ0v) is 12.8. The van der Waals surface area contributed by atoms with Crippen molar-refractivity contribution in [3.63, 3.8) is 0 Å². The van der Waals surface area contributed by atoms with Crippen LogP contribution in [0.3, 0.4) is 0 Å². The molecule has 0 bridgehead atoms. The van der Waals surface area contributed by atoms with Crippen LogP contribution in [-0.4, -0.2) is 43.9 Å². The number of hydrogen-bond donors (Lipinski definition) is 2. The molecule has 1 rings (SSSR count). The lowest BCUT2D eigenvalue weighted by atomic mass is 10.2. The smallest absolute Gasteiger partial charge is 0.243 e. The van der Waals surface area contributed by atoms with Crippen LogP contribution in [0.25, 0.3) is 6.08 Å². The molecule has 114 valence electrons. The Labute approximate surface area is 126 Å². The molecule has 0 aliphatic rings. The first-order valence-electron chi connectivity index (χ1n) is 6.95. The molecule has 2 N–H and O–H groups in total. The summed E-state index contributed by atoms with van der Waals surface area (Å²) in [5, 5.41) is 5.53. The quantitative estimate of drug-likeness (QED) is 0.593. The van der Waals surface area contributed by atoms with Gasteiger partial charge in [-0.15, -0.1) is 0 Å². The number of nitrogens with one attached hydrogen (secondary N) is 2. The highest BCUT2D eigenvalue weighted by Gasteiger charge is 1.97. The van der Waals surface area contributed by atoms with Crippen LogP contribution >= 0.6 is 0 Å². The highest BCUT2D eigenvalue weighted by atomic mass is 16.2. The zero-order chi connectivity index (χ0) is 15.7. The molecule has 1 aromatic carbocycles. The van der Waals surface area contributed by atoms with Gasteiger partial charge in [-0.1, -0.05) is 12.1 Å². The van der Waals surface area contributed by atoms with E-state index in [-0.39, 0.29) is 11.8 Å². The number of anilines is 1. The summed E-state index contributed by atoms with van der Waals surface area (Å²) in [6.45, 7) is 3.09. The minimum atomic E-state index is -0.101.